The van der Waals surface area contributed by atoms with Gasteiger partial charge >= 0.3 is 0 Å². The smallest absolute Gasteiger partial charge is 0.205 e. The molecule has 0 unspecified atom stereocenters. The summed E-state index contributed by atoms with van der Waals surface area (Å²) in [5, 5.41) is 12.5. The van der Waals surface area contributed by atoms with Crippen molar-refractivity contribution in [3.63, 3.8) is 0 Å². The molecular formula is C15H13N5O2. The van der Waals surface area contributed by atoms with Crippen LogP contribution in [0.15, 0.2) is 42.5 Å². The van der Waals surface area contributed by atoms with Crippen LogP contribution in [0.5, 0.6) is 11.5 Å². The molecule has 0 radical (unpaired) electrons. The minimum Gasteiger partial charge on any atom is -0.486 e. The predicted molar refractivity (Wildman–Crippen MR) is 80.0 cm³/mol. The van der Waals surface area contributed by atoms with Crippen LogP contribution in [0.3, 0.4) is 0 Å². The predicted octanol–water partition coefficient (Wildman–Crippen LogP) is 1.68. The maximum absolute atomic E-state index is 6.06. The van der Waals surface area contributed by atoms with Gasteiger partial charge in [-0.1, -0.05) is 30.3 Å². The van der Waals surface area contributed by atoms with E-state index in [4.69, 9.17) is 15.2 Å². The summed E-state index contributed by atoms with van der Waals surface area (Å²) >= 11 is 0. The van der Waals surface area contributed by atoms with Crippen LogP contribution in [0.25, 0.3) is 17.1 Å². The summed E-state index contributed by atoms with van der Waals surface area (Å²) in [6.07, 6.45) is 0. The van der Waals surface area contributed by atoms with Crippen molar-refractivity contribution in [2.75, 3.05) is 18.9 Å². The highest BCUT2D eigenvalue weighted by atomic mass is 16.6. The van der Waals surface area contributed by atoms with E-state index in [1.807, 2.05) is 30.3 Å². The van der Waals surface area contributed by atoms with E-state index in [-0.39, 0.29) is 0 Å². The molecule has 3 aromatic rings. The molecule has 1 aromatic heterocycles. The summed E-state index contributed by atoms with van der Waals surface area (Å²) < 4.78 is 11.1. The molecular weight excluding hydrogens is 282 g/mol. The highest BCUT2D eigenvalue weighted by molar-refractivity contribution is 5.65. The molecule has 1 aliphatic heterocycles. The second-order valence-electron chi connectivity index (χ2n) is 4.82. The lowest BCUT2D eigenvalue weighted by Crippen LogP contribution is -2.16. The molecule has 2 N–H and O–H groups in total. The SMILES string of the molecule is Nc1cc2c(cc1-n1nnc(-c3ccccc3)n1)OCCO2. The topological polar surface area (TPSA) is 88.1 Å². The number of ether oxygens (including phenoxy) is 2. The van der Waals surface area contributed by atoms with Gasteiger partial charge in [0.05, 0.1) is 5.69 Å². The molecule has 0 fully saturated rings. The number of nitrogen functional groups attached to an aromatic ring is 1. The van der Waals surface area contributed by atoms with Gasteiger partial charge in [0.15, 0.2) is 11.5 Å². The largest absolute Gasteiger partial charge is 0.486 e. The second-order valence-corrected chi connectivity index (χ2v) is 4.82. The summed E-state index contributed by atoms with van der Waals surface area (Å²) in [6, 6.07) is 13.1. The van der Waals surface area contributed by atoms with Crippen molar-refractivity contribution in [2.24, 2.45) is 0 Å². The Morgan fingerprint density at radius 3 is 2.50 bits per heavy atom. The first-order chi connectivity index (χ1) is 10.8. The molecule has 0 saturated heterocycles. The summed E-state index contributed by atoms with van der Waals surface area (Å²) in [5.74, 6) is 1.81. The van der Waals surface area contributed by atoms with Crippen LogP contribution < -0.4 is 15.2 Å². The number of hydrogen-bond donors (Lipinski definition) is 1. The number of benzene rings is 2. The molecule has 110 valence electrons. The van der Waals surface area contributed by atoms with E-state index in [1.165, 1.54) is 4.80 Å². The van der Waals surface area contributed by atoms with Crippen molar-refractivity contribution in [3.8, 4) is 28.6 Å². The third kappa shape index (κ3) is 2.12. The van der Waals surface area contributed by atoms with Crippen molar-refractivity contribution in [3.05, 3.63) is 42.5 Å². The summed E-state index contributed by atoms with van der Waals surface area (Å²) in [7, 11) is 0. The van der Waals surface area contributed by atoms with E-state index >= 15 is 0 Å². The fraction of sp³-hybridized carbons (Fsp3) is 0.133. The van der Waals surface area contributed by atoms with Crippen molar-refractivity contribution in [1.29, 1.82) is 0 Å². The number of fused-ring (bicyclic) bond motifs is 1. The van der Waals surface area contributed by atoms with Crippen LogP contribution in [0.2, 0.25) is 0 Å². The number of anilines is 1. The molecule has 0 spiro atoms. The quantitative estimate of drug-likeness (QED) is 0.724. The monoisotopic (exact) mass is 295 g/mol. The van der Waals surface area contributed by atoms with Gasteiger partial charge in [-0.15, -0.1) is 15.0 Å². The van der Waals surface area contributed by atoms with Gasteiger partial charge in [-0.2, -0.15) is 0 Å². The number of hydrogen-bond acceptors (Lipinski definition) is 6. The first-order valence-corrected chi connectivity index (χ1v) is 6.86. The minimum absolute atomic E-state index is 0.501. The Balaban J connectivity index is 1.75. The number of tetrazole rings is 1. The van der Waals surface area contributed by atoms with Gasteiger partial charge in [-0.05, 0) is 5.21 Å². The molecule has 1 aliphatic rings. The molecule has 2 heterocycles. The Bertz CT molecular complexity index is 816. The average molecular weight is 295 g/mol. The van der Waals surface area contributed by atoms with E-state index in [0.29, 0.717) is 41.9 Å². The summed E-state index contributed by atoms with van der Waals surface area (Å²) in [4.78, 5) is 1.40. The number of rotatable bonds is 2. The number of aromatic nitrogens is 4. The molecule has 0 amide bonds. The van der Waals surface area contributed by atoms with Gasteiger partial charge < -0.3 is 15.2 Å². The zero-order valence-corrected chi connectivity index (χ0v) is 11.6. The molecule has 0 atom stereocenters. The molecule has 22 heavy (non-hydrogen) atoms. The lowest BCUT2D eigenvalue weighted by atomic mass is 10.2. The van der Waals surface area contributed by atoms with E-state index < -0.39 is 0 Å². The number of nitrogens with zero attached hydrogens (tertiary/aromatic N) is 4. The Kier molecular flexibility index (Phi) is 2.89. The van der Waals surface area contributed by atoms with Crippen LogP contribution in [-0.2, 0) is 0 Å². The second kappa shape index (κ2) is 5.03. The third-order valence-electron chi connectivity index (χ3n) is 3.35. The lowest BCUT2D eigenvalue weighted by Gasteiger charge is -2.19. The molecule has 0 bridgehead atoms. The van der Waals surface area contributed by atoms with Crippen LogP contribution >= 0.6 is 0 Å². The van der Waals surface area contributed by atoms with Gasteiger partial charge in [0.2, 0.25) is 5.82 Å². The molecule has 4 rings (SSSR count). The highest BCUT2D eigenvalue weighted by Crippen LogP contribution is 2.35. The Morgan fingerprint density at radius 2 is 1.73 bits per heavy atom. The summed E-state index contributed by atoms with van der Waals surface area (Å²) in [6.45, 7) is 1.03. The Hall–Kier alpha value is -3.09. The van der Waals surface area contributed by atoms with Crippen LogP contribution in [-0.4, -0.2) is 33.4 Å². The highest BCUT2D eigenvalue weighted by Gasteiger charge is 2.17. The standard InChI is InChI=1S/C15H13N5O2/c16-11-8-13-14(22-7-6-21-13)9-12(11)20-18-15(17-19-20)10-4-2-1-3-5-10/h1-5,8-9H,6-7,16H2. The van der Waals surface area contributed by atoms with Gasteiger partial charge in [0.1, 0.15) is 18.9 Å². The molecule has 2 aromatic carbocycles. The van der Waals surface area contributed by atoms with Crippen LogP contribution in [0.4, 0.5) is 5.69 Å². The fourth-order valence-corrected chi connectivity index (χ4v) is 2.29. The van der Waals surface area contributed by atoms with Gasteiger partial charge in [-0.25, -0.2) is 0 Å². The maximum Gasteiger partial charge on any atom is 0.205 e. The molecule has 7 nitrogen and oxygen atoms in total. The maximum atomic E-state index is 6.06. The van der Waals surface area contributed by atoms with E-state index in [2.05, 4.69) is 15.4 Å². The molecule has 7 heteroatoms. The van der Waals surface area contributed by atoms with Crippen molar-refractivity contribution in [1.82, 2.24) is 20.2 Å². The zero-order chi connectivity index (χ0) is 14.9. The van der Waals surface area contributed by atoms with Crippen molar-refractivity contribution < 1.29 is 9.47 Å². The van der Waals surface area contributed by atoms with Crippen molar-refractivity contribution >= 4 is 5.69 Å². The Morgan fingerprint density at radius 1 is 1.00 bits per heavy atom. The zero-order valence-electron chi connectivity index (χ0n) is 11.6. The first kappa shape index (κ1) is 12.6. The molecule has 0 saturated carbocycles. The average Bonchev–Trinajstić information content (AvgIpc) is 3.05. The molecule has 0 aliphatic carbocycles. The van der Waals surface area contributed by atoms with Gasteiger partial charge in [0.25, 0.3) is 0 Å². The summed E-state index contributed by atoms with van der Waals surface area (Å²) in [5.41, 5.74) is 8.07. The fourth-order valence-electron chi connectivity index (χ4n) is 2.29. The van der Waals surface area contributed by atoms with Crippen molar-refractivity contribution in [2.45, 2.75) is 0 Å². The number of nitrogens with two attached hydrogens (primary N) is 1. The lowest BCUT2D eigenvalue weighted by molar-refractivity contribution is 0.171. The minimum atomic E-state index is 0.501. The van der Waals surface area contributed by atoms with E-state index in [1.54, 1.807) is 12.1 Å². The normalized spacial score (nSPS) is 13.1. The third-order valence-corrected chi connectivity index (χ3v) is 3.35. The van der Waals surface area contributed by atoms with Gasteiger partial charge in [0, 0.05) is 17.7 Å². The first-order valence-electron chi connectivity index (χ1n) is 6.86. The van der Waals surface area contributed by atoms with Crippen LogP contribution in [0, 0.1) is 0 Å². The van der Waals surface area contributed by atoms with Gasteiger partial charge in [-0.3, -0.25) is 0 Å². The van der Waals surface area contributed by atoms with E-state index in [9.17, 15) is 0 Å². The van der Waals surface area contributed by atoms with E-state index in [0.717, 1.165) is 5.56 Å². The van der Waals surface area contributed by atoms with Crippen LogP contribution in [0.1, 0.15) is 0 Å². The Labute approximate surface area is 126 Å².